The lowest BCUT2D eigenvalue weighted by Crippen LogP contribution is -2.13. The predicted molar refractivity (Wildman–Crippen MR) is 72.6 cm³/mol. The number of aromatic nitrogens is 1. The lowest BCUT2D eigenvalue weighted by Gasteiger charge is -2.15. The summed E-state index contributed by atoms with van der Waals surface area (Å²) in [5.41, 5.74) is 0.967. The summed E-state index contributed by atoms with van der Waals surface area (Å²) >= 11 is 5.84. The van der Waals surface area contributed by atoms with Crippen LogP contribution in [-0.4, -0.2) is 11.1 Å². The molecule has 1 rings (SSSR count). The van der Waals surface area contributed by atoms with E-state index in [4.69, 9.17) is 16.3 Å². The molecule has 0 bridgehead atoms. The summed E-state index contributed by atoms with van der Waals surface area (Å²) in [7, 11) is 0. The molecule has 2 nitrogen and oxygen atoms in total. The van der Waals surface area contributed by atoms with Gasteiger partial charge in [0.2, 0.25) is 5.88 Å². The number of hydrogen-bond acceptors (Lipinski definition) is 2. The Morgan fingerprint density at radius 1 is 1.35 bits per heavy atom. The molecule has 0 fully saturated rings. The summed E-state index contributed by atoms with van der Waals surface area (Å²) in [6.07, 6.45) is 8.12. The van der Waals surface area contributed by atoms with Crippen LogP contribution in [0.15, 0.2) is 18.3 Å². The molecule has 0 amide bonds. The van der Waals surface area contributed by atoms with Gasteiger partial charge in [-0.25, -0.2) is 4.98 Å². The first-order valence-electron chi connectivity index (χ1n) is 6.44. The first-order chi connectivity index (χ1) is 8.27. The van der Waals surface area contributed by atoms with Crippen molar-refractivity contribution in [3.05, 3.63) is 23.9 Å². The average molecular weight is 256 g/mol. The Kier molecular flexibility index (Phi) is 7.02. The van der Waals surface area contributed by atoms with E-state index in [-0.39, 0.29) is 6.10 Å². The zero-order valence-electron chi connectivity index (χ0n) is 10.8. The summed E-state index contributed by atoms with van der Waals surface area (Å²) in [6.45, 7) is 4.32. The molecule has 0 saturated carbocycles. The molecule has 1 unspecified atom stereocenters. The predicted octanol–water partition coefficient (Wildman–Crippen LogP) is 4.56. The molecule has 0 N–H and O–H groups in total. The Bertz CT molecular complexity index is 317. The molecular formula is C14H22ClNO. The van der Waals surface area contributed by atoms with Crippen molar-refractivity contribution < 1.29 is 4.74 Å². The molecular weight excluding hydrogens is 234 g/mol. The van der Waals surface area contributed by atoms with Gasteiger partial charge in [-0.3, -0.25) is 0 Å². The molecule has 1 aromatic rings. The van der Waals surface area contributed by atoms with Crippen LogP contribution < -0.4 is 4.74 Å². The maximum atomic E-state index is 5.84. The molecule has 1 atom stereocenters. The molecule has 0 spiro atoms. The summed E-state index contributed by atoms with van der Waals surface area (Å²) in [5, 5.41) is 0. The van der Waals surface area contributed by atoms with Crippen LogP contribution in [0.3, 0.4) is 0 Å². The summed E-state index contributed by atoms with van der Waals surface area (Å²) in [4.78, 5) is 4.23. The third-order valence-electron chi connectivity index (χ3n) is 2.77. The van der Waals surface area contributed by atoms with Gasteiger partial charge in [-0.15, -0.1) is 11.6 Å². The fourth-order valence-corrected chi connectivity index (χ4v) is 1.94. The van der Waals surface area contributed by atoms with Gasteiger partial charge in [0.1, 0.15) is 0 Å². The molecule has 17 heavy (non-hydrogen) atoms. The van der Waals surface area contributed by atoms with Crippen LogP contribution in [0.25, 0.3) is 0 Å². The van der Waals surface area contributed by atoms with Crippen molar-refractivity contribution in [1.29, 1.82) is 0 Å². The van der Waals surface area contributed by atoms with Crippen LogP contribution in [0, 0.1) is 0 Å². The van der Waals surface area contributed by atoms with Gasteiger partial charge in [-0.05, 0) is 25.8 Å². The van der Waals surface area contributed by atoms with Crippen LogP contribution in [0.5, 0.6) is 5.88 Å². The van der Waals surface area contributed by atoms with E-state index in [0.717, 1.165) is 12.0 Å². The Hall–Kier alpha value is -0.760. The van der Waals surface area contributed by atoms with E-state index in [9.17, 15) is 0 Å². The minimum absolute atomic E-state index is 0.212. The van der Waals surface area contributed by atoms with Crippen molar-refractivity contribution in [3.63, 3.8) is 0 Å². The van der Waals surface area contributed by atoms with E-state index in [2.05, 4.69) is 18.8 Å². The molecule has 0 aromatic carbocycles. The lowest BCUT2D eigenvalue weighted by molar-refractivity contribution is 0.196. The number of pyridine rings is 1. The van der Waals surface area contributed by atoms with Crippen LogP contribution >= 0.6 is 11.6 Å². The number of unbranched alkanes of at least 4 members (excludes halogenated alkanes) is 3. The van der Waals surface area contributed by atoms with E-state index in [1.807, 2.05) is 12.1 Å². The second-order valence-electron chi connectivity index (χ2n) is 4.38. The quantitative estimate of drug-likeness (QED) is 0.502. The number of halogens is 1. The fraction of sp³-hybridized carbons (Fsp3) is 0.643. The van der Waals surface area contributed by atoms with Crippen LogP contribution in [-0.2, 0) is 5.88 Å². The van der Waals surface area contributed by atoms with Gasteiger partial charge in [-0.1, -0.05) is 32.3 Å². The van der Waals surface area contributed by atoms with E-state index < -0.39 is 0 Å². The lowest BCUT2D eigenvalue weighted by atomic mass is 10.1. The Labute approximate surface area is 109 Å². The molecule has 1 heterocycles. The van der Waals surface area contributed by atoms with Gasteiger partial charge in [0, 0.05) is 11.8 Å². The Morgan fingerprint density at radius 3 is 2.88 bits per heavy atom. The highest BCUT2D eigenvalue weighted by molar-refractivity contribution is 6.17. The highest BCUT2D eigenvalue weighted by Gasteiger charge is 2.08. The second-order valence-corrected chi connectivity index (χ2v) is 4.65. The average Bonchev–Trinajstić information content (AvgIpc) is 2.35. The maximum absolute atomic E-state index is 5.84. The topological polar surface area (TPSA) is 22.1 Å². The van der Waals surface area contributed by atoms with Crippen molar-refractivity contribution >= 4 is 11.6 Å². The highest BCUT2D eigenvalue weighted by atomic mass is 35.5. The van der Waals surface area contributed by atoms with Crippen LogP contribution in [0.2, 0.25) is 0 Å². The van der Waals surface area contributed by atoms with Crippen molar-refractivity contribution in [2.75, 3.05) is 0 Å². The van der Waals surface area contributed by atoms with Crippen molar-refractivity contribution in [1.82, 2.24) is 4.98 Å². The van der Waals surface area contributed by atoms with Crippen LogP contribution in [0.4, 0.5) is 0 Å². The molecule has 3 heteroatoms. The molecule has 0 aliphatic rings. The zero-order valence-corrected chi connectivity index (χ0v) is 11.5. The highest BCUT2D eigenvalue weighted by Crippen LogP contribution is 2.19. The Balaban J connectivity index is 2.36. The fourth-order valence-electron chi connectivity index (χ4n) is 1.74. The molecule has 96 valence electrons. The zero-order chi connectivity index (χ0) is 12.5. The van der Waals surface area contributed by atoms with Gasteiger partial charge in [-0.2, -0.15) is 0 Å². The minimum Gasteiger partial charge on any atom is -0.474 e. The van der Waals surface area contributed by atoms with Crippen LogP contribution in [0.1, 0.15) is 51.5 Å². The van der Waals surface area contributed by atoms with E-state index in [1.54, 1.807) is 6.20 Å². The molecule has 0 aliphatic heterocycles. The van der Waals surface area contributed by atoms with Gasteiger partial charge in [0.05, 0.1) is 12.0 Å². The third-order valence-corrected chi connectivity index (χ3v) is 3.06. The van der Waals surface area contributed by atoms with Crippen molar-refractivity contribution in [3.8, 4) is 5.88 Å². The smallest absolute Gasteiger partial charge is 0.217 e. The van der Waals surface area contributed by atoms with Gasteiger partial charge in [0.15, 0.2) is 0 Å². The number of nitrogens with zero attached hydrogens (tertiary/aromatic N) is 1. The van der Waals surface area contributed by atoms with Gasteiger partial charge in [0.25, 0.3) is 0 Å². The number of rotatable bonds is 8. The minimum atomic E-state index is 0.212. The summed E-state index contributed by atoms with van der Waals surface area (Å²) in [5.74, 6) is 1.14. The Morgan fingerprint density at radius 2 is 2.18 bits per heavy atom. The molecule has 0 radical (unpaired) electrons. The number of ether oxygens (including phenoxy) is 1. The van der Waals surface area contributed by atoms with E-state index in [0.29, 0.717) is 11.8 Å². The van der Waals surface area contributed by atoms with E-state index in [1.165, 1.54) is 25.7 Å². The van der Waals surface area contributed by atoms with Crippen molar-refractivity contribution in [2.45, 2.75) is 57.9 Å². The number of hydrogen-bond donors (Lipinski definition) is 0. The first kappa shape index (κ1) is 14.3. The van der Waals surface area contributed by atoms with E-state index >= 15 is 0 Å². The molecule has 0 aliphatic carbocycles. The SMILES string of the molecule is CCCCCCC(C)Oc1ncccc1CCl. The summed E-state index contributed by atoms with van der Waals surface area (Å²) < 4.78 is 5.82. The normalized spacial score (nSPS) is 12.4. The first-order valence-corrected chi connectivity index (χ1v) is 6.98. The van der Waals surface area contributed by atoms with Gasteiger partial charge >= 0.3 is 0 Å². The second kappa shape index (κ2) is 8.35. The molecule has 1 aromatic heterocycles. The maximum Gasteiger partial charge on any atom is 0.217 e. The standard InChI is InChI=1S/C14H22ClNO/c1-3-4-5-6-8-12(2)17-14-13(11-15)9-7-10-16-14/h7,9-10,12H,3-6,8,11H2,1-2H3. The third kappa shape index (κ3) is 5.40. The summed E-state index contributed by atoms with van der Waals surface area (Å²) in [6, 6.07) is 3.84. The number of alkyl halides is 1. The van der Waals surface area contributed by atoms with Gasteiger partial charge < -0.3 is 4.74 Å². The molecule has 0 saturated heterocycles. The van der Waals surface area contributed by atoms with Crippen molar-refractivity contribution in [2.24, 2.45) is 0 Å². The largest absolute Gasteiger partial charge is 0.474 e. The monoisotopic (exact) mass is 255 g/mol.